The summed E-state index contributed by atoms with van der Waals surface area (Å²) in [6.07, 6.45) is 1.15. The zero-order valence-corrected chi connectivity index (χ0v) is 11.8. The van der Waals surface area contributed by atoms with Gasteiger partial charge in [-0.05, 0) is 30.3 Å². The third kappa shape index (κ3) is 4.60. The molecule has 0 atom stereocenters. The van der Waals surface area contributed by atoms with Crippen molar-refractivity contribution in [2.24, 2.45) is 5.10 Å². The quantitative estimate of drug-likeness (QED) is 0.499. The van der Waals surface area contributed by atoms with Crippen LogP contribution in [-0.4, -0.2) is 23.7 Å². The SMILES string of the molecule is O=C(COc1ccc(Cl)cc1)NN=Cc1ccc([N+](=O)[O-])o1. The molecule has 114 valence electrons. The number of nitro groups is 1. The van der Waals surface area contributed by atoms with Crippen LogP contribution < -0.4 is 10.2 Å². The van der Waals surface area contributed by atoms with Crippen molar-refractivity contribution in [1.29, 1.82) is 0 Å². The fraction of sp³-hybridized carbons (Fsp3) is 0.0769. The lowest BCUT2D eigenvalue weighted by Crippen LogP contribution is -2.24. The number of benzene rings is 1. The van der Waals surface area contributed by atoms with Gasteiger partial charge in [0.25, 0.3) is 5.91 Å². The van der Waals surface area contributed by atoms with Crippen molar-refractivity contribution in [2.45, 2.75) is 0 Å². The summed E-state index contributed by atoms with van der Waals surface area (Å²) in [6.45, 7) is -0.239. The minimum atomic E-state index is -0.671. The molecule has 2 rings (SSSR count). The van der Waals surface area contributed by atoms with E-state index in [1.807, 2.05) is 0 Å². The van der Waals surface area contributed by atoms with Gasteiger partial charge >= 0.3 is 5.88 Å². The average molecular weight is 324 g/mol. The number of hydrazone groups is 1. The smallest absolute Gasteiger partial charge is 0.433 e. The minimum absolute atomic E-state index is 0.144. The summed E-state index contributed by atoms with van der Waals surface area (Å²) in [5, 5.41) is 14.6. The first-order valence-electron chi connectivity index (χ1n) is 5.99. The van der Waals surface area contributed by atoms with Crippen LogP contribution in [0.3, 0.4) is 0 Å². The van der Waals surface area contributed by atoms with Crippen LogP contribution in [0, 0.1) is 10.1 Å². The number of halogens is 1. The molecule has 8 nitrogen and oxygen atoms in total. The Balaban J connectivity index is 1.78. The van der Waals surface area contributed by atoms with E-state index in [1.54, 1.807) is 24.3 Å². The zero-order valence-electron chi connectivity index (χ0n) is 11.1. The molecule has 0 saturated carbocycles. The summed E-state index contributed by atoms with van der Waals surface area (Å²) in [7, 11) is 0. The molecule has 0 fully saturated rings. The molecule has 0 radical (unpaired) electrons. The van der Waals surface area contributed by atoms with Gasteiger partial charge in [-0.3, -0.25) is 14.9 Å². The first-order chi connectivity index (χ1) is 10.5. The van der Waals surface area contributed by atoms with Gasteiger partial charge in [0.05, 0.1) is 12.3 Å². The second kappa shape index (κ2) is 7.23. The van der Waals surface area contributed by atoms with Gasteiger partial charge in [0, 0.05) is 5.02 Å². The fourth-order valence-electron chi connectivity index (χ4n) is 1.39. The van der Waals surface area contributed by atoms with Crippen LogP contribution in [0.25, 0.3) is 0 Å². The van der Waals surface area contributed by atoms with E-state index in [9.17, 15) is 14.9 Å². The minimum Gasteiger partial charge on any atom is -0.484 e. The summed E-state index contributed by atoms with van der Waals surface area (Å²) in [4.78, 5) is 21.2. The van der Waals surface area contributed by atoms with Crippen LogP contribution >= 0.6 is 11.6 Å². The third-order valence-electron chi connectivity index (χ3n) is 2.36. The molecule has 0 saturated heterocycles. The molecule has 1 N–H and O–H groups in total. The summed E-state index contributed by atoms with van der Waals surface area (Å²) < 4.78 is 10.0. The standard InChI is InChI=1S/C13H10ClN3O5/c14-9-1-3-10(4-2-9)21-8-12(18)16-15-7-11-5-6-13(22-11)17(19)20/h1-7H,8H2,(H,16,18). The number of rotatable bonds is 6. The lowest BCUT2D eigenvalue weighted by molar-refractivity contribution is -0.402. The van der Waals surface area contributed by atoms with Gasteiger partial charge in [-0.25, -0.2) is 5.43 Å². The van der Waals surface area contributed by atoms with E-state index in [2.05, 4.69) is 10.5 Å². The second-order valence-electron chi connectivity index (χ2n) is 3.97. The normalized spacial score (nSPS) is 10.6. The maximum absolute atomic E-state index is 11.5. The number of nitrogens with one attached hydrogen (secondary N) is 1. The average Bonchev–Trinajstić information content (AvgIpc) is 2.96. The van der Waals surface area contributed by atoms with Crippen LogP contribution in [0.2, 0.25) is 5.02 Å². The lowest BCUT2D eigenvalue weighted by atomic mass is 10.3. The Hall–Kier alpha value is -2.87. The Morgan fingerprint density at radius 3 is 2.73 bits per heavy atom. The van der Waals surface area contributed by atoms with Crippen molar-refractivity contribution in [3.05, 3.63) is 57.3 Å². The Morgan fingerprint density at radius 2 is 2.09 bits per heavy atom. The highest BCUT2D eigenvalue weighted by Gasteiger charge is 2.10. The number of amides is 1. The number of hydrogen-bond donors (Lipinski definition) is 1. The third-order valence-corrected chi connectivity index (χ3v) is 2.61. The molecule has 0 aliphatic carbocycles. The van der Waals surface area contributed by atoms with E-state index in [0.29, 0.717) is 10.8 Å². The van der Waals surface area contributed by atoms with E-state index in [0.717, 1.165) is 6.21 Å². The van der Waals surface area contributed by atoms with Gasteiger partial charge < -0.3 is 9.15 Å². The van der Waals surface area contributed by atoms with Gasteiger partial charge in [-0.1, -0.05) is 11.6 Å². The number of furan rings is 1. The molecule has 9 heteroatoms. The van der Waals surface area contributed by atoms with Crippen molar-refractivity contribution in [1.82, 2.24) is 5.43 Å². The van der Waals surface area contributed by atoms with Gasteiger partial charge in [-0.2, -0.15) is 5.10 Å². The number of carbonyl (C=O) groups excluding carboxylic acids is 1. The Labute approximate surface area is 129 Å². The first-order valence-corrected chi connectivity index (χ1v) is 6.37. The van der Waals surface area contributed by atoms with Crippen LogP contribution in [0.5, 0.6) is 5.75 Å². The van der Waals surface area contributed by atoms with Crippen molar-refractivity contribution in [3.63, 3.8) is 0 Å². The highest BCUT2D eigenvalue weighted by atomic mass is 35.5. The highest BCUT2D eigenvalue weighted by molar-refractivity contribution is 6.30. The highest BCUT2D eigenvalue weighted by Crippen LogP contribution is 2.15. The number of carbonyl (C=O) groups is 1. The molecule has 22 heavy (non-hydrogen) atoms. The van der Waals surface area contributed by atoms with Gasteiger partial charge in [0.2, 0.25) is 0 Å². The van der Waals surface area contributed by atoms with Crippen LogP contribution in [-0.2, 0) is 4.79 Å². The van der Waals surface area contributed by atoms with Gasteiger partial charge in [0.15, 0.2) is 12.4 Å². The summed E-state index contributed by atoms with van der Waals surface area (Å²) in [5.74, 6) is -0.262. The van der Waals surface area contributed by atoms with Gasteiger partial charge in [-0.15, -0.1) is 0 Å². The monoisotopic (exact) mass is 323 g/mol. The second-order valence-corrected chi connectivity index (χ2v) is 4.41. The molecule has 0 aliphatic heterocycles. The van der Waals surface area contributed by atoms with Crippen molar-refractivity contribution < 1.29 is 18.9 Å². The van der Waals surface area contributed by atoms with Crippen molar-refractivity contribution in [3.8, 4) is 5.75 Å². The zero-order chi connectivity index (χ0) is 15.9. The Bertz CT molecular complexity index is 696. The molecule has 0 spiro atoms. The molecule has 0 aliphatic rings. The van der Waals surface area contributed by atoms with E-state index in [-0.39, 0.29) is 12.4 Å². The molecular formula is C13H10ClN3O5. The summed E-state index contributed by atoms with van der Waals surface area (Å²) >= 11 is 5.72. The molecule has 2 aromatic rings. The Kier molecular flexibility index (Phi) is 5.10. The van der Waals surface area contributed by atoms with E-state index >= 15 is 0 Å². The summed E-state index contributed by atoms with van der Waals surface area (Å²) in [5.41, 5.74) is 2.20. The maximum atomic E-state index is 11.5. The first kappa shape index (κ1) is 15.5. The number of hydrogen-bond acceptors (Lipinski definition) is 6. The van der Waals surface area contributed by atoms with Crippen molar-refractivity contribution >= 4 is 29.6 Å². The molecule has 1 heterocycles. The van der Waals surface area contributed by atoms with Crippen molar-refractivity contribution in [2.75, 3.05) is 6.61 Å². The van der Waals surface area contributed by atoms with E-state index < -0.39 is 16.7 Å². The van der Waals surface area contributed by atoms with Crippen LogP contribution in [0.15, 0.2) is 45.9 Å². The Morgan fingerprint density at radius 1 is 1.36 bits per heavy atom. The van der Waals surface area contributed by atoms with Crippen LogP contribution in [0.4, 0.5) is 5.88 Å². The van der Waals surface area contributed by atoms with E-state index in [1.165, 1.54) is 12.1 Å². The molecule has 1 aromatic heterocycles. The lowest BCUT2D eigenvalue weighted by Gasteiger charge is -2.04. The molecule has 0 unspecified atom stereocenters. The molecular weight excluding hydrogens is 314 g/mol. The topological polar surface area (TPSA) is 107 Å². The summed E-state index contributed by atoms with van der Waals surface area (Å²) in [6, 6.07) is 9.07. The fourth-order valence-corrected chi connectivity index (χ4v) is 1.52. The maximum Gasteiger partial charge on any atom is 0.433 e. The van der Waals surface area contributed by atoms with E-state index in [4.69, 9.17) is 20.8 Å². The van der Waals surface area contributed by atoms with Gasteiger partial charge in [0.1, 0.15) is 10.7 Å². The largest absolute Gasteiger partial charge is 0.484 e. The number of nitrogens with zero attached hydrogens (tertiary/aromatic N) is 2. The molecule has 0 bridgehead atoms. The number of ether oxygens (including phenoxy) is 1. The van der Waals surface area contributed by atoms with Crippen LogP contribution in [0.1, 0.15) is 5.76 Å². The molecule has 1 aromatic carbocycles. The molecule has 1 amide bonds. The predicted molar refractivity (Wildman–Crippen MR) is 78.0 cm³/mol. The predicted octanol–water partition coefficient (Wildman–Crippen LogP) is 2.37.